The summed E-state index contributed by atoms with van der Waals surface area (Å²) in [7, 11) is -4.10. The summed E-state index contributed by atoms with van der Waals surface area (Å²) in [4.78, 5) is 21.5. The molecule has 3 rings (SSSR count). The molecule has 0 radical (unpaired) electrons. The van der Waals surface area contributed by atoms with Crippen molar-refractivity contribution in [1.29, 1.82) is 0 Å². The zero-order valence-electron chi connectivity index (χ0n) is 17.8. The van der Waals surface area contributed by atoms with Gasteiger partial charge in [-0.25, -0.2) is 4.98 Å². The number of pyridine rings is 2. The molecule has 0 aliphatic heterocycles. The third-order valence-electron chi connectivity index (χ3n) is 4.86. The second kappa shape index (κ2) is 9.70. The zero-order valence-corrected chi connectivity index (χ0v) is 18.6. The first-order chi connectivity index (χ1) is 14.8. The molecule has 1 aromatic carbocycles. The molecule has 0 saturated carbocycles. The molecular weight excluding hydrogens is 412 g/mol. The van der Waals surface area contributed by atoms with E-state index in [1.807, 2.05) is 19.1 Å². The van der Waals surface area contributed by atoms with Crippen LogP contribution in [0.1, 0.15) is 30.2 Å². The molecule has 1 N–H and O–H groups in total. The Labute approximate surface area is 183 Å². The number of amides is 1. The number of benzene rings is 1. The van der Waals surface area contributed by atoms with Crippen LogP contribution in [0.5, 0.6) is 0 Å². The Morgan fingerprint density at radius 1 is 1.03 bits per heavy atom. The summed E-state index contributed by atoms with van der Waals surface area (Å²) in [6.07, 6.45) is 3.37. The molecule has 1 unspecified atom stereocenters. The van der Waals surface area contributed by atoms with E-state index in [1.165, 1.54) is 10.5 Å². The fraction of sp³-hybridized carbons (Fsp3) is 0.261. The van der Waals surface area contributed by atoms with E-state index in [9.17, 15) is 13.2 Å². The number of rotatable bonds is 8. The first kappa shape index (κ1) is 22.4. The van der Waals surface area contributed by atoms with Gasteiger partial charge >= 0.3 is 0 Å². The SMILES string of the molecule is CCC(C(=O)NCc1ccccn1)N(c1cccc(C)c1)S(=O)(=O)c1ncccc1C. The number of carbonyl (C=O) groups is 1. The van der Waals surface area contributed by atoms with Crippen molar-refractivity contribution in [2.75, 3.05) is 4.31 Å². The highest BCUT2D eigenvalue weighted by atomic mass is 32.2. The van der Waals surface area contributed by atoms with Gasteiger partial charge in [-0.15, -0.1) is 0 Å². The monoisotopic (exact) mass is 438 g/mol. The van der Waals surface area contributed by atoms with Gasteiger partial charge in [-0.3, -0.25) is 14.1 Å². The number of aryl methyl sites for hydroxylation is 2. The molecule has 0 spiro atoms. The number of carbonyl (C=O) groups excluding carboxylic acids is 1. The molecule has 1 amide bonds. The topological polar surface area (TPSA) is 92.3 Å². The van der Waals surface area contributed by atoms with Gasteiger partial charge in [-0.2, -0.15) is 8.42 Å². The summed E-state index contributed by atoms with van der Waals surface area (Å²) >= 11 is 0. The van der Waals surface area contributed by atoms with E-state index in [-0.39, 0.29) is 18.0 Å². The number of hydrogen-bond acceptors (Lipinski definition) is 5. The highest BCUT2D eigenvalue weighted by Gasteiger charge is 2.36. The van der Waals surface area contributed by atoms with E-state index in [1.54, 1.807) is 62.5 Å². The minimum atomic E-state index is -4.10. The van der Waals surface area contributed by atoms with E-state index in [2.05, 4.69) is 15.3 Å². The Balaban J connectivity index is 2.02. The fourth-order valence-electron chi connectivity index (χ4n) is 3.34. The van der Waals surface area contributed by atoms with Crippen LogP contribution < -0.4 is 9.62 Å². The van der Waals surface area contributed by atoms with Crippen LogP contribution in [0, 0.1) is 13.8 Å². The molecule has 0 saturated heterocycles. The molecule has 0 fully saturated rings. The number of sulfonamides is 1. The molecular formula is C23H26N4O3S. The molecule has 2 heterocycles. The number of nitrogens with zero attached hydrogens (tertiary/aromatic N) is 3. The first-order valence-electron chi connectivity index (χ1n) is 10.0. The third kappa shape index (κ3) is 5.08. The summed E-state index contributed by atoms with van der Waals surface area (Å²) in [5.74, 6) is -0.396. The van der Waals surface area contributed by atoms with Crippen LogP contribution in [-0.4, -0.2) is 30.3 Å². The predicted octanol–water partition coefficient (Wildman–Crippen LogP) is 3.38. The molecule has 8 heteroatoms. The largest absolute Gasteiger partial charge is 0.349 e. The minimum absolute atomic E-state index is 0.0625. The van der Waals surface area contributed by atoms with Crippen molar-refractivity contribution in [2.45, 2.75) is 44.8 Å². The summed E-state index contributed by atoms with van der Waals surface area (Å²) in [5.41, 5.74) is 2.52. The Morgan fingerprint density at radius 2 is 1.81 bits per heavy atom. The van der Waals surface area contributed by atoms with Crippen molar-refractivity contribution >= 4 is 21.6 Å². The lowest BCUT2D eigenvalue weighted by Gasteiger charge is -2.31. The van der Waals surface area contributed by atoms with Crippen molar-refractivity contribution in [3.8, 4) is 0 Å². The Hall–Kier alpha value is -3.26. The summed E-state index contributed by atoms with van der Waals surface area (Å²) in [6.45, 7) is 5.56. The van der Waals surface area contributed by atoms with Gasteiger partial charge in [0.1, 0.15) is 6.04 Å². The summed E-state index contributed by atoms with van der Waals surface area (Å²) in [5, 5.41) is 2.76. The lowest BCUT2D eigenvalue weighted by atomic mass is 10.1. The number of aromatic nitrogens is 2. The second-order valence-electron chi connectivity index (χ2n) is 7.23. The van der Waals surface area contributed by atoms with Gasteiger partial charge in [0.05, 0.1) is 17.9 Å². The van der Waals surface area contributed by atoms with Crippen LogP contribution in [-0.2, 0) is 21.4 Å². The highest BCUT2D eigenvalue weighted by molar-refractivity contribution is 7.92. The maximum absolute atomic E-state index is 13.7. The number of anilines is 1. The molecule has 0 aliphatic carbocycles. The third-order valence-corrected chi connectivity index (χ3v) is 6.76. The average molecular weight is 439 g/mol. The van der Waals surface area contributed by atoms with Crippen LogP contribution in [0.15, 0.2) is 72.0 Å². The van der Waals surface area contributed by atoms with Crippen molar-refractivity contribution < 1.29 is 13.2 Å². The van der Waals surface area contributed by atoms with E-state index in [4.69, 9.17) is 0 Å². The molecule has 162 valence electrons. The normalized spacial score (nSPS) is 12.2. The molecule has 3 aromatic rings. The zero-order chi connectivity index (χ0) is 22.4. The molecule has 0 aliphatic rings. The fourth-order valence-corrected chi connectivity index (χ4v) is 5.17. The van der Waals surface area contributed by atoms with Crippen LogP contribution >= 0.6 is 0 Å². The Kier molecular flexibility index (Phi) is 7.02. The minimum Gasteiger partial charge on any atom is -0.349 e. The van der Waals surface area contributed by atoms with E-state index < -0.39 is 22.0 Å². The number of nitrogens with one attached hydrogen (secondary N) is 1. The molecule has 31 heavy (non-hydrogen) atoms. The highest BCUT2D eigenvalue weighted by Crippen LogP contribution is 2.28. The van der Waals surface area contributed by atoms with Crippen molar-refractivity contribution in [1.82, 2.24) is 15.3 Å². The molecule has 1 atom stereocenters. The second-order valence-corrected chi connectivity index (χ2v) is 8.96. The van der Waals surface area contributed by atoms with Gasteiger partial charge < -0.3 is 5.32 Å². The summed E-state index contributed by atoms with van der Waals surface area (Å²) < 4.78 is 28.6. The van der Waals surface area contributed by atoms with Gasteiger partial charge in [0.2, 0.25) is 5.91 Å². The van der Waals surface area contributed by atoms with Gasteiger partial charge in [-0.05, 0) is 61.7 Å². The first-order valence-corrected chi connectivity index (χ1v) is 11.5. The van der Waals surface area contributed by atoms with E-state index >= 15 is 0 Å². The van der Waals surface area contributed by atoms with Crippen LogP contribution in [0.4, 0.5) is 5.69 Å². The Bertz CT molecular complexity index is 1150. The molecule has 0 bridgehead atoms. The van der Waals surface area contributed by atoms with Crippen molar-refractivity contribution in [3.05, 3.63) is 83.8 Å². The average Bonchev–Trinajstić information content (AvgIpc) is 2.76. The predicted molar refractivity (Wildman–Crippen MR) is 120 cm³/mol. The van der Waals surface area contributed by atoms with Crippen molar-refractivity contribution in [2.24, 2.45) is 0 Å². The van der Waals surface area contributed by atoms with E-state index in [0.717, 1.165) is 5.56 Å². The van der Waals surface area contributed by atoms with Gasteiger partial charge in [0.15, 0.2) is 5.03 Å². The summed E-state index contributed by atoms with van der Waals surface area (Å²) in [6, 6.07) is 14.9. The van der Waals surface area contributed by atoms with Gasteiger partial charge in [0, 0.05) is 12.4 Å². The standard InChI is InChI=1S/C23H26N4O3S/c1-4-21(22(28)26-16-19-11-5-6-13-24-19)27(20-12-7-9-17(2)15-20)31(29,30)23-18(3)10-8-14-25-23/h5-15,21H,4,16H2,1-3H3,(H,26,28). The lowest BCUT2D eigenvalue weighted by molar-refractivity contribution is -0.122. The van der Waals surface area contributed by atoms with Gasteiger partial charge in [0.25, 0.3) is 10.0 Å². The maximum Gasteiger partial charge on any atom is 0.282 e. The van der Waals surface area contributed by atoms with E-state index in [0.29, 0.717) is 16.9 Å². The van der Waals surface area contributed by atoms with Crippen LogP contribution in [0.2, 0.25) is 0 Å². The smallest absolute Gasteiger partial charge is 0.282 e. The lowest BCUT2D eigenvalue weighted by Crippen LogP contribution is -2.49. The van der Waals surface area contributed by atoms with Crippen molar-refractivity contribution in [3.63, 3.8) is 0 Å². The molecule has 2 aromatic heterocycles. The Morgan fingerprint density at radius 3 is 2.45 bits per heavy atom. The molecule has 7 nitrogen and oxygen atoms in total. The number of hydrogen-bond donors (Lipinski definition) is 1. The maximum atomic E-state index is 13.7. The van der Waals surface area contributed by atoms with Crippen LogP contribution in [0.25, 0.3) is 0 Å². The quantitative estimate of drug-likeness (QED) is 0.582. The van der Waals surface area contributed by atoms with Gasteiger partial charge in [-0.1, -0.05) is 31.2 Å². The van der Waals surface area contributed by atoms with Crippen LogP contribution in [0.3, 0.4) is 0 Å².